The van der Waals surface area contributed by atoms with Crippen LogP contribution in [0.15, 0.2) is 28.7 Å². The van der Waals surface area contributed by atoms with Crippen LogP contribution >= 0.6 is 11.6 Å². The lowest BCUT2D eigenvalue weighted by atomic mass is 10.1. The fourth-order valence-corrected chi connectivity index (χ4v) is 2.52. The molecule has 0 aliphatic carbocycles. The zero-order chi connectivity index (χ0) is 12.7. The highest BCUT2D eigenvalue weighted by molar-refractivity contribution is 6.32. The van der Waals surface area contributed by atoms with E-state index >= 15 is 0 Å². The summed E-state index contributed by atoms with van der Waals surface area (Å²) in [6, 6.07) is 7.72. The number of ether oxygens (including phenoxy) is 1. The van der Waals surface area contributed by atoms with Gasteiger partial charge in [-0.3, -0.25) is 0 Å². The third-order valence-corrected chi connectivity index (χ3v) is 3.43. The van der Waals surface area contributed by atoms with E-state index in [9.17, 15) is 0 Å². The van der Waals surface area contributed by atoms with Crippen molar-refractivity contribution in [3.05, 3.63) is 46.4 Å². The Balaban J connectivity index is 1.95. The Morgan fingerprint density at radius 1 is 1.33 bits per heavy atom. The molecule has 0 spiro atoms. The lowest BCUT2D eigenvalue weighted by Gasteiger charge is -2.27. The van der Waals surface area contributed by atoms with E-state index in [0.717, 1.165) is 22.8 Å². The monoisotopic (exact) mass is 263 g/mol. The third kappa shape index (κ3) is 1.85. The van der Waals surface area contributed by atoms with Crippen LogP contribution in [-0.2, 0) is 0 Å². The minimum atomic E-state index is -0.0603. The average molecular weight is 264 g/mol. The molecule has 1 N–H and O–H groups in total. The zero-order valence-corrected chi connectivity index (χ0v) is 11.0. The Morgan fingerprint density at radius 2 is 2.17 bits per heavy atom. The third-order valence-electron chi connectivity index (χ3n) is 3.13. The Labute approximate surface area is 111 Å². The van der Waals surface area contributed by atoms with Crippen LogP contribution in [0.3, 0.4) is 0 Å². The first-order valence-electron chi connectivity index (χ1n) is 5.91. The number of nitrogens with one attached hydrogen (secondary N) is 1. The van der Waals surface area contributed by atoms with Gasteiger partial charge >= 0.3 is 0 Å². The maximum absolute atomic E-state index is 6.15. The van der Waals surface area contributed by atoms with Gasteiger partial charge in [0.15, 0.2) is 5.75 Å². The molecule has 2 aromatic rings. The fourth-order valence-electron chi connectivity index (χ4n) is 2.30. The molecular weight excluding hydrogens is 250 g/mol. The Kier molecular flexibility index (Phi) is 2.71. The molecule has 1 aromatic carbocycles. The molecule has 3 rings (SSSR count). The molecule has 0 fully saturated rings. The van der Waals surface area contributed by atoms with Crippen molar-refractivity contribution in [3.63, 3.8) is 0 Å². The number of aryl methyl sites for hydroxylation is 2. The van der Waals surface area contributed by atoms with Crippen molar-refractivity contribution in [3.8, 4) is 5.75 Å². The van der Waals surface area contributed by atoms with Crippen molar-refractivity contribution >= 4 is 17.3 Å². The van der Waals surface area contributed by atoms with Gasteiger partial charge in [0, 0.05) is 5.56 Å². The van der Waals surface area contributed by atoms with Crippen LogP contribution in [0.1, 0.15) is 23.2 Å². The Morgan fingerprint density at radius 3 is 2.89 bits per heavy atom. The number of furan rings is 1. The summed E-state index contributed by atoms with van der Waals surface area (Å²) in [6.45, 7) is 4.61. The number of halogens is 1. The van der Waals surface area contributed by atoms with Crippen molar-refractivity contribution in [2.75, 3.05) is 11.9 Å². The lowest BCUT2D eigenvalue weighted by Crippen LogP contribution is -2.23. The Hall–Kier alpha value is -1.61. The van der Waals surface area contributed by atoms with Crippen LogP contribution in [0.25, 0.3) is 0 Å². The van der Waals surface area contributed by atoms with Gasteiger partial charge in [-0.15, -0.1) is 0 Å². The van der Waals surface area contributed by atoms with E-state index in [4.69, 9.17) is 20.8 Å². The minimum Gasteiger partial charge on any atom is -0.480 e. The van der Waals surface area contributed by atoms with E-state index in [1.54, 1.807) is 0 Å². The number of fused-ring (bicyclic) bond motifs is 1. The number of anilines is 1. The van der Waals surface area contributed by atoms with Gasteiger partial charge in [-0.05, 0) is 32.0 Å². The van der Waals surface area contributed by atoms with Crippen molar-refractivity contribution in [1.29, 1.82) is 0 Å². The van der Waals surface area contributed by atoms with Gasteiger partial charge in [0.25, 0.3) is 0 Å². The molecule has 1 aliphatic heterocycles. The van der Waals surface area contributed by atoms with Crippen molar-refractivity contribution < 1.29 is 9.15 Å². The number of hydrogen-bond acceptors (Lipinski definition) is 3. The van der Waals surface area contributed by atoms with E-state index < -0.39 is 0 Å². The summed E-state index contributed by atoms with van der Waals surface area (Å²) in [4.78, 5) is 0. The van der Waals surface area contributed by atoms with Gasteiger partial charge < -0.3 is 14.5 Å². The van der Waals surface area contributed by atoms with Crippen molar-refractivity contribution in [2.45, 2.75) is 20.0 Å². The Bertz CT molecular complexity index is 591. The molecule has 94 valence electrons. The van der Waals surface area contributed by atoms with E-state index in [0.29, 0.717) is 17.3 Å². The first kappa shape index (κ1) is 11.5. The molecular formula is C14H14ClNO2. The second-order valence-corrected chi connectivity index (χ2v) is 4.88. The second kappa shape index (κ2) is 4.25. The average Bonchev–Trinajstić information content (AvgIpc) is 2.69. The van der Waals surface area contributed by atoms with Crippen LogP contribution in [0.4, 0.5) is 5.69 Å². The molecule has 3 nitrogen and oxygen atoms in total. The molecule has 1 aromatic heterocycles. The summed E-state index contributed by atoms with van der Waals surface area (Å²) in [5.41, 5.74) is 2.02. The quantitative estimate of drug-likeness (QED) is 0.841. The predicted octanol–water partition coefficient (Wildman–Crippen LogP) is 4.10. The number of rotatable bonds is 1. The maximum atomic E-state index is 6.15. The zero-order valence-electron chi connectivity index (χ0n) is 10.3. The molecule has 2 heterocycles. The van der Waals surface area contributed by atoms with Crippen LogP contribution in [-0.4, -0.2) is 6.54 Å². The summed E-state index contributed by atoms with van der Waals surface area (Å²) in [6.07, 6.45) is -0.0603. The maximum Gasteiger partial charge on any atom is 0.162 e. The lowest BCUT2D eigenvalue weighted by molar-refractivity contribution is 0.208. The van der Waals surface area contributed by atoms with Crippen molar-refractivity contribution in [1.82, 2.24) is 0 Å². The molecule has 4 heteroatoms. The van der Waals surface area contributed by atoms with Gasteiger partial charge in [0.05, 0.1) is 17.3 Å². The molecule has 1 atom stereocenters. The number of para-hydroxylation sites is 1. The summed E-state index contributed by atoms with van der Waals surface area (Å²) < 4.78 is 11.5. The summed E-state index contributed by atoms with van der Waals surface area (Å²) >= 11 is 6.15. The highest BCUT2D eigenvalue weighted by atomic mass is 35.5. The molecule has 0 saturated heterocycles. The van der Waals surface area contributed by atoms with E-state index in [1.807, 2.05) is 38.1 Å². The smallest absolute Gasteiger partial charge is 0.162 e. The SMILES string of the molecule is Cc1cc(C2CNc3cccc(Cl)c3O2)c(C)o1. The summed E-state index contributed by atoms with van der Waals surface area (Å²) in [5, 5.41) is 3.96. The van der Waals surface area contributed by atoms with Gasteiger partial charge in [-0.2, -0.15) is 0 Å². The highest BCUT2D eigenvalue weighted by Crippen LogP contribution is 2.40. The van der Waals surface area contributed by atoms with Gasteiger partial charge in [-0.1, -0.05) is 17.7 Å². The topological polar surface area (TPSA) is 34.4 Å². The summed E-state index contributed by atoms with van der Waals surface area (Å²) in [7, 11) is 0. The number of hydrogen-bond donors (Lipinski definition) is 1. The molecule has 0 saturated carbocycles. The van der Waals surface area contributed by atoms with Gasteiger partial charge in [0.2, 0.25) is 0 Å². The fraction of sp³-hybridized carbons (Fsp3) is 0.286. The van der Waals surface area contributed by atoms with Gasteiger partial charge in [-0.25, -0.2) is 0 Å². The molecule has 1 unspecified atom stereocenters. The largest absolute Gasteiger partial charge is 0.480 e. The molecule has 1 aliphatic rings. The highest BCUT2D eigenvalue weighted by Gasteiger charge is 2.25. The second-order valence-electron chi connectivity index (χ2n) is 4.47. The molecule has 0 radical (unpaired) electrons. The normalized spacial score (nSPS) is 17.8. The summed E-state index contributed by atoms with van der Waals surface area (Å²) in [5.74, 6) is 2.51. The van der Waals surface area contributed by atoms with Gasteiger partial charge in [0.1, 0.15) is 17.6 Å². The van der Waals surface area contributed by atoms with Crippen LogP contribution in [0.2, 0.25) is 5.02 Å². The van der Waals surface area contributed by atoms with Crippen LogP contribution < -0.4 is 10.1 Å². The van der Waals surface area contributed by atoms with Crippen molar-refractivity contribution in [2.24, 2.45) is 0 Å². The van der Waals surface area contributed by atoms with Crippen LogP contribution in [0.5, 0.6) is 5.75 Å². The van der Waals surface area contributed by atoms with E-state index in [-0.39, 0.29) is 6.10 Å². The molecule has 0 bridgehead atoms. The van der Waals surface area contributed by atoms with Crippen LogP contribution in [0, 0.1) is 13.8 Å². The minimum absolute atomic E-state index is 0.0603. The molecule has 18 heavy (non-hydrogen) atoms. The first-order chi connectivity index (χ1) is 8.65. The van der Waals surface area contributed by atoms with E-state index in [2.05, 4.69) is 5.32 Å². The first-order valence-corrected chi connectivity index (χ1v) is 6.29. The molecule has 0 amide bonds. The predicted molar refractivity (Wildman–Crippen MR) is 71.5 cm³/mol. The standard InChI is InChI=1S/C14H14ClNO2/c1-8-6-10(9(2)17-8)13-7-16-12-5-3-4-11(15)14(12)18-13/h3-6,13,16H,7H2,1-2H3. The van der Waals surface area contributed by atoms with E-state index in [1.165, 1.54) is 0 Å². The number of benzene rings is 1.